The standard InChI is InChI=1S/C7H10ClNO3S/c8-13(11,12)6-3-7(10)9(4-6)5-1-2-5/h5-6H,1-4H2. The van der Waals surface area contributed by atoms with Crippen LogP contribution in [0.1, 0.15) is 19.3 Å². The summed E-state index contributed by atoms with van der Waals surface area (Å²) in [5, 5.41) is -0.692. The molecule has 1 aliphatic heterocycles. The van der Waals surface area contributed by atoms with Crippen molar-refractivity contribution in [2.75, 3.05) is 6.54 Å². The fraction of sp³-hybridized carbons (Fsp3) is 0.857. The van der Waals surface area contributed by atoms with Crippen LogP contribution in [0.2, 0.25) is 0 Å². The van der Waals surface area contributed by atoms with Crippen molar-refractivity contribution in [2.45, 2.75) is 30.6 Å². The molecule has 2 rings (SSSR count). The molecule has 0 N–H and O–H groups in total. The predicted molar refractivity (Wildman–Crippen MR) is 47.9 cm³/mol. The van der Waals surface area contributed by atoms with Crippen LogP contribution < -0.4 is 0 Å². The second-order valence-electron chi connectivity index (χ2n) is 3.58. The van der Waals surface area contributed by atoms with Gasteiger partial charge in [-0.2, -0.15) is 0 Å². The van der Waals surface area contributed by atoms with Gasteiger partial charge in [0.1, 0.15) is 5.25 Å². The molecule has 1 saturated heterocycles. The molecule has 2 fully saturated rings. The molecule has 1 aliphatic carbocycles. The van der Waals surface area contributed by atoms with Crippen LogP contribution in [-0.4, -0.2) is 37.1 Å². The summed E-state index contributed by atoms with van der Waals surface area (Å²) in [5.74, 6) is -0.0725. The molecule has 1 atom stereocenters. The summed E-state index contributed by atoms with van der Waals surface area (Å²) in [4.78, 5) is 13.0. The van der Waals surface area contributed by atoms with Gasteiger partial charge in [0.05, 0.1) is 0 Å². The molecule has 1 saturated carbocycles. The van der Waals surface area contributed by atoms with Crippen LogP contribution in [0.5, 0.6) is 0 Å². The summed E-state index contributed by atoms with van der Waals surface area (Å²) in [6, 6.07) is 0.288. The average molecular weight is 224 g/mol. The van der Waals surface area contributed by atoms with E-state index in [1.54, 1.807) is 4.90 Å². The fourth-order valence-electron chi connectivity index (χ4n) is 1.63. The molecule has 13 heavy (non-hydrogen) atoms. The maximum Gasteiger partial charge on any atom is 0.237 e. The highest BCUT2D eigenvalue weighted by Crippen LogP contribution is 2.32. The van der Waals surface area contributed by atoms with Crippen molar-refractivity contribution in [1.82, 2.24) is 4.90 Å². The summed E-state index contributed by atoms with van der Waals surface area (Å²) >= 11 is 0. The van der Waals surface area contributed by atoms with Crippen molar-refractivity contribution in [1.29, 1.82) is 0 Å². The van der Waals surface area contributed by atoms with Gasteiger partial charge in [0.15, 0.2) is 0 Å². The van der Waals surface area contributed by atoms with Crippen molar-refractivity contribution >= 4 is 25.6 Å². The lowest BCUT2D eigenvalue weighted by molar-refractivity contribution is -0.128. The van der Waals surface area contributed by atoms with Crippen LogP contribution >= 0.6 is 10.7 Å². The molecule has 74 valence electrons. The number of hydrogen-bond donors (Lipinski definition) is 0. The summed E-state index contributed by atoms with van der Waals surface area (Å²) in [6.07, 6.45) is 2.06. The number of halogens is 1. The van der Waals surface area contributed by atoms with Gasteiger partial charge >= 0.3 is 0 Å². The van der Waals surface area contributed by atoms with E-state index in [0.717, 1.165) is 12.8 Å². The first-order valence-electron chi connectivity index (χ1n) is 4.21. The maximum atomic E-state index is 11.3. The third-order valence-corrected chi connectivity index (χ3v) is 4.38. The number of nitrogens with zero attached hydrogens (tertiary/aromatic N) is 1. The van der Waals surface area contributed by atoms with E-state index in [1.807, 2.05) is 0 Å². The quantitative estimate of drug-likeness (QED) is 0.634. The maximum absolute atomic E-state index is 11.3. The predicted octanol–water partition coefficient (Wildman–Crippen LogP) is 0.318. The monoisotopic (exact) mass is 223 g/mol. The molecule has 0 aromatic rings. The molecule has 1 heterocycles. The average Bonchev–Trinajstić information content (AvgIpc) is 2.73. The number of carbonyl (C=O) groups excluding carboxylic acids is 1. The SMILES string of the molecule is O=C1CC(S(=O)(=O)Cl)CN1C1CC1. The van der Waals surface area contributed by atoms with Gasteiger partial charge in [-0.15, -0.1) is 0 Å². The first kappa shape index (κ1) is 9.27. The van der Waals surface area contributed by atoms with Crippen LogP contribution in [0.3, 0.4) is 0 Å². The Bertz CT molecular complexity index is 336. The van der Waals surface area contributed by atoms with Gasteiger partial charge in [0.2, 0.25) is 15.0 Å². The molecule has 6 heteroatoms. The first-order valence-corrected chi connectivity index (χ1v) is 6.58. The van der Waals surface area contributed by atoms with E-state index < -0.39 is 14.3 Å². The second kappa shape index (κ2) is 2.85. The Morgan fingerprint density at radius 3 is 2.38 bits per heavy atom. The number of amides is 1. The van der Waals surface area contributed by atoms with Crippen molar-refractivity contribution in [2.24, 2.45) is 0 Å². The van der Waals surface area contributed by atoms with Crippen LogP contribution in [0, 0.1) is 0 Å². The molecule has 1 amide bonds. The Hall–Kier alpha value is -0.290. The Balaban J connectivity index is 2.10. The van der Waals surface area contributed by atoms with Gasteiger partial charge in [0, 0.05) is 29.7 Å². The normalized spacial score (nSPS) is 29.8. The number of hydrogen-bond acceptors (Lipinski definition) is 3. The molecular weight excluding hydrogens is 214 g/mol. The largest absolute Gasteiger partial charge is 0.338 e. The minimum atomic E-state index is -3.56. The second-order valence-corrected chi connectivity index (χ2v) is 6.49. The van der Waals surface area contributed by atoms with Gasteiger partial charge in [0.25, 0.3) is 0 Å². The molecule has 4 nitrogen and oxygen atoms in total. The van der Waals surface area contributed by atoms with Gasteiger partial charge < -0.3 is 4.90 Å². The van der Waals surface area contributed by atoms with E-state index >= 15 is 0 Å². The fourth-order valence-corrected chi connectivity index (χ4v) is 2.66. The van der Waals surface area contributed by atoms with E-state index in [-0.39, 0.29) is 24.9 Å². The van der Waals surface area contributed by atoms with E-state index in [2.05, 4.69) is 0 Å². The number of carbonyl (C=O) groups is 1. The number of likely N-dealkylation sites (tertiary alicyclic amines) is 1. The molecular formula is C7H10ClNO3S. The van der Waals surface area contributed by atoms with Crippen LogP contribution in [0.25, 0.3) is 0 Å². The van der Waals surface area contributed by atoms with Crippen molar-refractivity contribution in [3.8, 4) is 0 Å². The Labute approximate surface area is 81.3 Å². The van der Waals surface area contributed by atoms with E-state index in [0.29, 0.717) is 0 Å². The third kappa shape index (κ3) is 1.81. The van der Waals surface area contributed by atoms with Crippen LogP contribution in [-0.2, 0) is 13.8 Å². The number of rotatable bonds is 2. The lowest BCUT2D eigenvalue weighted by Crippen LogP contribution is -2.29. The highest BCUT2D eigenvalue weighted by molar-refractivity contribution is 8.14. The van der Waals surface area contributed by atoms with Crippen LogP contribution in [0.15, 0.2) is 0 Å². The molecule has 1 unspecified atom stereocenters. The summed E-state index contributed by atoms with van der Waals surface area (Å²) in [5.41, 5.74) is 0. The van der Waals surface area contributed by atoms with Crippen molar-refractivity contribution in [3.63, 3.8) is 0 Å². The molecule has 0 aromatic carbocycles. The van der Waals surface area contributed by atoms with Gasteiger partial charge in [-0.05, 0) is 12.8 Å². The Morgan fingerprint density at radius 2 is 2.00 bits per heavy atom. The van der Waals surface area contributed by atoms with Gasteiger partial charge in [-0.3, -0.25) is 4.79 Å². The van der Waals surface area contributed by atoms with Gasteiger partial charge in [-0.1, -0.05) is 0 Å². The Kier molecular flexibility index (Phi) is 2.03. The highest BCUT2D eigenvalue weighted by Gasteiger charge is 2.43. The van der Waals surface area contributed by atoms with E-state index in [4.69, 9.17) is 10.7 Å². The molecule has 2 aliphatic rings. The molecule has 0 spiro atoms. The summed E-state index contributed by atoms with van der Waals surface area (Å²) < 4.78 is 21.9. The lowest BCUT2D eigenvalue weighted by atomic mass is 10.4. The zero-order chi connectivity index (χ0) is 9.64. The smallest absolute Gasteiger partial charge is 0.237 e. The summed E-state index contributed by atoms with van der Waals surface area (Å²) in [6.45, 7) is 0.287. The Morgan fingerprint density at radius 1 is 1.38 bits per heavy atom. The zero-order valence-electron chi connectivity index (χ0n) is 6.94. The zero-order valence-corrected chi connectivity index (χ0v) is 8.51. The van der Waals surface area contributed by atoms with Crippen LogP contribution in [0.4, 0.5) is 0 Å². The topological polar surface area (TPSA) is 54.5 Å². The van der Waals surface area contributed by atoms with E-state index in [9.17, 15) is 13.2 Å². The molecule has 0 radical (unpaired) electrons. The van der Waals surface area contributed by atoms with Crippen molar-refractivity contribution in [3.05, 3.63) is 0 Å². The van der Waals surface area contributed by atoms with E-state index in [1.165, 1.54) is 0 Å². The third-order valence-electron chi connectivity index (χ3n) is 2.51. The summed E-state index contributed by atoms with van der Waals surface area (Å²) in [7, 11) is 1.62. The molecule has 0 aromatic heterocycles. The minimum absolute atomic E-state index is 0.0579. The first-order chi connectivity index (χ1) is 5.98. The molecule has 0 bridgehead atoms. The minimum Gasteiger partial charge on any atom is -0.338 e. The highest BCUT2D eigenvalue weighted by atomic mass is 35.7. The lowest BCUT2D eigenvalue weighted by Gasteiger charge is -2.13. The van der Waals surface area contributed by atoms with Crippen molar-refractivity contribution < 1.29 is 13.2 Å². The van der Waals surface area contributed by atoms with Gasteiger partial charge in [-0.25, -0.2) is 8.42 Å².